The molecule has 1 amide bonds. The highest BCUT2D eigenvalue weighted by molar-refractivity contribution is 7.98. The van der Waals surface area contributed by atoms with Gasteiger partial charge in [-0.1, -0.05) is 50.0 Å². The van der Waals surface area contributed by atoms with Crippen molar-refractivity contribution in [3.05, 3.63) is 54.1 Å². The van der Waals surface area contributed by atoms with Gasteiger partial charge in [0.1, 0.15) is 6.04 Å². The normalized spacial score (nSPS) is 12.3. The van der Waals surface area contributed by atoms with Crippen LogP contribution in [0.15, 0.2) is 48.5 Å². The predicted molar refractivity (Wildman–Crippen MR) is 130 cm³/mol. The fraction of sp³-hybridized carbons (Fsp3) is 0.391. The molecule has 2 rings (SSSR count). The first-order chi connectivity index (χ1) is 14.2. The van der Waals surface area contributed by atoms with E-state index < -0.39 is 14.1 Å². The molecule has 7 heteroatoms. The van der Waals surface area contributed by atoms with Gasteiger partial charge in [-0.3, -0.25) is 4.79 Å². The number of ether oxygens (including phenoxy) is 1. The van der Waals surface area contributed by atoms with Crippen molar-refractivity contribution in [3.8, 4) is 11.1 Å². The van der Waals surface area contributed by atoms with E-state index in [4.69, 9.17) is 10.5 Å². The van der Waals surface area contributed by atoms with E-state index in [1.807, 2.05) is 36.6 Å². The van der Waals surface area contributed by atoms with Crippen LogP contribution in [0.2, 0.25) is 25.7 Å². The van der Waals surface area contributed by atoms with Gasteiger partial charge in [-0.05, 0) is 53.8 Å². The molecule has 1 atom stereocenters. The van der Waals surface area contributed by atoms with Crippen molar-refractivity contribution >= 4 is 37.4 Å². The number of nitrogens with two attached hydrogens (primary N) is 1. The molecule has 0 saturated carbocycles. The number of carbonyl (C=O) groups is 2. The van der Waals surface area contributed by atoms with Crippen molar-refractivity contribution in [2.24, 2.45) is 0 Å². The first-order valence-corrected chi connectivity index (χ1v) is 15.2. The number of rotatable bonds is 10. The molecule has 162 valence electrons. The summed E-state index contributed by atoms with van der Waals surface area (Å²) in [6, 6.07) is 15.0. The standard InChI is InChI=1S/C23H32N2O3SSi/c1-29-14-12-21(23(27)28-13-15-30(2,3)4)25-22(26)19-11-10-18(24)16-20(19)17-8-6-5-7-9-17/h5-11,16,21H,12-15,24H2,1-4H3,(H,25,26). The van der Waals surface area contributed by atoms with Crippen LogP contribution in [-0.2, 0) is 9.53 Å². The van der Waals surface area contributed by atoms with Gasteiger partial charge >= 0.3 is 5.97 Å². The van der Waals surface area contributed by atoms with Crippen molar-refractivity contribution in [1.29, 1.82) is 0 Å². The lowest BCUT2D eigenvalue weighted by atomic mass is 9.98. The first kappa shape index (κ1) is 24.0. The number of thioether (sulfide) groups is 1. The van der Waals surface area contributed by atoms with Gasteiger partial charge in [0.05, 0.1) is 6.61 Å². The van der Waals surface area contributed by atoms with Crippen LogP contribution in [0.3, 0.4) is 0 Å². The van der Waals surface area contributed by atoms with Crippen LogP contribution in [0.25, 0.3) is 11.1 Å². The van der Waals surface area contributed by atoms with Crippen LogP contribution in [0.4, 0.5) is 5.69 Å². The minimum atomic E-state index is -1.30. The summed E-state index contributed by atoms with van der Waals surface area (Å²) in [7, 11) is -1.30. The summed E-state index contributed by atoms with van der Waals surface area (Å²) in [6.45, 7) is 7.11. The molecule has 0 saturated heterocycles. The third kappa shape index (κ3) is 7.53. The number of nitrogen functional groups attached to an aromatic ring is 1. The molecule has 2 aromatic rings. The number of hydrogen-bond acceptors (Lipinski definition) is 5. The fourth-order valence-corrected chi connectivity index (χ4v) is 4.08. The van der Waals surface area contributed by atoms with E-state index in [0.717, 1.165) is 22.9 Å². The van der Waals surface area contributed by atoms with Crippen molar-refractivity contribution in [1.82, 2.24) is 5.32 Å². The maximum atomic E-state index is 13.1. The quantitative estimate of drug-likeness (QED) is 0.316. The topological polar surface area (TPSA) is 81.4 Å². The van der Waals surface area contributed by atoms with Gasteiger partial charge in [0.25, 0.3) is 5.91 Å². The van der Waals surface area contributed by atoms with Gasteiger partial charge in [0.2, 0.25) is 0 Å². The van der Waals surface area contributed by atoms with E-state index in [-0.39, 0.29) is 11.9 Å². The maximum Gasteiger partial charge on any atom is 0.328 e. The molecular weight excluding hydrogens is 412 g/mol. The Hall–Kier alpha value is -2.25. The average Bonchev–Trinajstić information content (AvgIpc) is 2.70. The Bertz CT molecular complexity index is 853. The molecule has 5 nitrogen and oxygen atoms in total. The number of hydrogen-bond donors (Lipinski definition) is 2. The van der Waals surface area contributed by atoms with Gasteiger partial charge in [0, 0.05) is 19.3 Å². The number of anilines is 1. The Balaban J connectivity index is 2.18. The smallest absolute Gasteiger partial charge is 0.328 e. The molecule has 0 spiro atoms. The Kier molecular flexibility index (Phi) is 8.99. The van der Waals surface area contributed by atoms with Crippen LogP contribution in [0.1, 0.15) is 16.8 Å². The molecule has 0 heterocycles. The predicted octanol–water partition coefficient (Wildman–Crippen LogP) is 4.67. The number of benzene rings is 2. The van der Waals surface area contributed by atoms with E-state index >= 15 is 0 Å². The lowest BCUT2D eigenvalue weighted by Crippen LogP contribution is -2.42. The summed E-state index contributed by atoms with van der Waals surface area (Å²) >= 11 is 1.63. The van der Waals surface area contributed by atoms with Gasteiger partial charge in [0.15, 0.2) is 0 Å². The van der Waals surface area contributed by atoms with E-state index in [2.05, 4.69) is 25.0 Å². The third-order valence-electron chi connectivity index (χ3n) is 4.67. The molecule has 1 unspecified atom stereocenters. The Morgan fingerprint density at radius 1 is 1.13 bits per heavy atom. The zero-order chi connectivity index (χ0) is 22.1. The molecule has 0 bridgehead atoms. The highest BCUT2D eigenvalue weighted by Gasteiger charge is 2.25. The van der Waals surface area contributed by atoms with Crippen LogP contribution < -0.4 is 11.1 Å². The summed E-state index contributed by atoms with van der Waals surface area (Å²) in [6.07, 6.45) is 2.50. The van der Waals surface area contributed by atoms with Gasteiger partial charge in [-0.15, -0.1) is 0 Å². The van der Waals surface area contributed by atoms with Crippen LogP contribution >= 0.6 is 11.8 Å². The molecule has 0 aliphatic rings. The number of carbonyl (C=O) groups excluding carboxylic acids is 2. The molecule has 2 aromatic carbocycles. The Morgan fingerprint density at radius 2 is 1.83 bits per heavy atom. The molecule has 3 N–H and O–H groups in total. The number of nitrogens with one attached hydrogen (secondary N) is 1. The second kappa shape index (κ2) is 11.2. The number of esters is 1. The second-order valence-corrected chi connectivity index (χ2v) is 15.1. The summed E-state index contributed by atoms with van der Waals surface area (Å²) in [5.74, 6) is 0.0795. The highest BCUT2D eigenvalue weighted by atomic mass is 32.2. The van der Waals surface area contributed by atoms with E-state index in [1.54, 1.807) is 30.0 Å². The zero-order valence-electron chi connectivity index (χ0n) is 18.2. The fourth-order valence-electron chi connectivity index (χ4n) is 2.90. The van der Waals surface area contributed by atoms with E-state index in [0.29, 0.717) is 24.3 Å². The van der Waals surface area contributed by atoms with Crippen molar-refractivity contribution in [2.75, 3.05) is 24.3 Å². The molecular formula is C23H32N2O3SSi. The monoisotopic (exact) mass is 444 g/mol. The van der Waals surface area contributed by atoms with E-state index in [9.17, 15) is 9.59 Å². The number of amides is 1. The Labute approximate surface area is 184 Å². The molecule has 0 fully saturated rings. The second-order valence-electron chi connectivity index (χ2n) is 8.46. The van der Waals surface area contributed by atoms with Crippen LogP contribution in [0.5, 0.6) is 0 Å². The lowest BCUT2D eigenvalue weighted by molar-refractivity contribution is -0.145. The summed E-state index contributed by atoms with van der Waals surface area (Å²) in [5, 5.41) is 2.89. The minimum absolute atomic E-state index is 0.304. The largest absolute Gasteiger partial charge is 0.464 e. The van der Waals surface area contributed by atoms with Gasteiger partial charge in [-0.2, -0.15) is 11.8 Å². The lowest BCUT2D eigenvalue weighted by Gasteiger charge is -2.20. The molecule has 0 radical (unpaired) electrons. The minimum Gasteiger partial charge on any atom is -0.464 e. The summed E-state index contributed by atoms with van der Waals surface area (Å²) < 4.78 is 5.50. The zero-order valence-corrected chi connectivity index (χ0v) is 20.1. The van der Waals surface area contributed by atoms with Crippen molar-refractivity contribution in [2.45, 2.75) is 38.1 Å². The van der Waals surface area contributed by atoms with Gasteiger partial charge in [-0.25, -0.2) is 4.79 Å². The molecule has 0 aromatic heterocycles. The van der Waals surface area contributed by atoms with Crippen molar-refractivity contribution < 1.29 is 14.3 Å². The summed E-state index contributed by atoms with van der Waals surface area (Å²) in [5.41, 5.74) is 8.67. The van der Waals surface area contributed by atoms with E-state index in [1.165, 1.54) is 0 Å². The first-order valence-electron chi connectivity index (χ1n) is 10.1. The van der Waals surface area contributed by atoms with Gasteiger partial charge < -0.3 is 15.8 Å². The highest BCUT2D eigenvalue weighted by Crippen LogP contribution is 2.26. The van der Waals surface area contributed by atoms with Crippen molar-refractivity contribution in [3.63, 3.8) is 0 Å². The SMILES string of the molecule is CSCCC(NC(=O)c1ccc(N)cc1-c1ccccc1)C(=O)OCC[Si](C)(C)C. The summed E-state index contributed by atoms with van der Waals surface area (Å²) in [4.78, 5) is 25.8. The van der Waals surface area contributed by atoms with Crippen LogP contribution in [-0.4, -0.2) is 44.6 Å². The molecule has 0 aliphatic carbocycles. The molecule has 0 aliphatic heterocycles. The Morgan fingerprint density at radius 3 is 2.47 bits per heavy atom. The third-order valence-corrected chi connectivity index (χ3v) is 7.02. The molecule has 30 heavy (non-hydrogen) atoms. The maximum absolute atomic E-state index is 13.1. The average molecular weight is 445 g/mol. The van der Waals surface area contributed by atoms with Crippen LogP contribution in [0, 0.1) is 0 Å².